The van der Waals surface area contributed by atoms with E-state index in [1.54, 1.807) is 13.8 Å². The van der Waals surface area contributed by atoms with Gasteiger partial charge in [0.05, 0.1) is 30.7 Å². The van der Waals surface area contributed by atoms with Gasteiger partial charge in [-0.25, -0.2) is 9.97 Å². The molecule has 1 aromatic rings. The fourth-order valence-corrected chi connectivity index (χ4v) is 3.75. The summed E-state index contributed by atoms with van der Waals surface area (Å²) in [7, 11) is 0. The summed E-state index contributed by atoms with van der Waals surface area (Å²) in [6.45, 7) is -6.51. The van der Waals surface area contributed by atoms with E-state index in [1.165, 1.54) is 0 Å². The van der Waals surface area contributed by atoms with Crippen molar-refractivity contribution in [2.24, 2.45) is 0 Å². The molecule has 152 valence electrons. The van der Waals surface area contributed by atoms with E-state index in [0.717, 1.165) is 0 Å². The van der Waals surface area contributed by atoms with Crippen molar-refractivity contribution in [2.45, 2.75) is 68.8 Å². The van der Waals surface area contributed by atoms with E-state index in [9.17, 15) is 5.11 Å². The number of rotatable bonds is 8. The van der Waals surface area contributed by atoms with Gasteiger partial charge in [0.15, 0.2) is 21.9 Å². The molecule has 0 unspecified atom stereocenters. The number of anilines is 2. The smallest absolute Gasteiger partial charge is 0.191 e. The number of hydrogen-bond donors (Lipinski definition) is 3. The second-order valence-electron chi connectivity index (χ2n) is 6.31. The van der Waals surface area contributed by atoms with Crippen LogP contribution in [0, 0.1) is 0 Å². The van der Waals surface area contributed by atoms with Crippen molar-refractivity contribution in [1.82, 2.24) is 9.97 Å². The number of aromatic nitrogens is 2. The summed E-state index contributed by atoms with van der Waals surface area (Å²) >= 11 is 6.21. The number of nitrogen functional groups attached to an aromatic ring is 1. The predicted octanol–water partition coefficient (Wildman–Crippen LogP) is 2.30. The molecular formula is C17H27ClN4O4S. The van der Waals surface area contributed by atoms with E-state index in [4.69, 9.17) is 46.6 Å². The quantitative estimate of drug-likeness (QED) is 0.325. The molecule has 4 atom stereocenters. The summed E-state index contributed by atoms with van der Waals surface area (Å²) in [5.74, 6) is -1.26. The molecule has 8 nitrogen and oxygen atoms in total. The van der Waals surface area contributed by atoms with Crippen LogP contribution in [0.15, 0.2) is 5.16 Å². The Morgan fingerprint density at radius 3 is 3.00 bits per heavy atom. The first-order valence-corrected chi connectivity index (χ1v) is 9.12. The van der Waals surface area contributed by atoms with Crippen LogP contribution in [0.2, 0.25) is 5.15 Å². The third-order valence-corrected chi connectivity index (χ3v) is 4.92. The molecule has 0 bridgehead atoms. The van der Waals surface area contributed by atoms with Gasteiger partial charge >= 0.3 is 0 Å². The fourth-order valence-electron chi connectivity index (χ4n) is 3.12. The minimum Gasteiger partial charge on any atom is -0.394 e. The van der Waals surface area contributed by atoms with E-state index in [2.05, 4.69) is 15.3 Å². The summed E-state index contributed by atoms with van der Waals surface area (Å²) in [5.41, 5.74) is 2.82. The molecule has 1 aromatic heterocycles. The van der Waals surface area contributed by atoms with Crippen LogP contribution >= 0.6 is 23.4 Å². The maximum absolute atomic E-state index is 9.55. The number of aliphatic hydroxyl groups is 1. The first kappa shape index (κ1) is 10.8. The van der Waals surface area contributed by atoms with Gasteiger partial charge in [0.1, 0.15) is 17.9 Å². The highest BCUT2D eigenvalue weighted by Gasteiger charge is 2.54. The number of thioether (sulfide) groups is 1. The van der Waals surface area contributed by atoms with Crippen molar-refractivity contribution < 1.29 is 34.4 Å². The zero-order valence-electron chi connectivity index (χ0n) is 25.4. The fraction of sp³-hybridized carbons (Fsp3) is 0.765. The summed E-state index contributed by atoms with van der Waals surface area (Å²) in [6.07, 6.45) is -6.10. The number of hydrogen-bond acceptors (Lipinski definition) is 9. The van der Waals surface area contributed by atoms with Gasteiger partial charge in [0.2, 0.25) is 0 Å². The zero-order chi connectivity index (χ0) is 29.3. The van der Waals surface area contributed by atoms with Crippen LogP contribution in [-0.4, -0.2) is 64.0 Å². The molecule has 3 rings (SSSR count). The molecule has 0 amide bonds. The Morgan fingerprint density at radius 2 is 2.26 bits per heavy atom. The molecule has 1 aliphatic carbocycles. The first-order valence-electron chi connectivity index (χ1n) is 13.4. The van der Waals surface area contributed by atoms with Crippen LogP contribution in [0.3, 0.4) is 0 Å². The van der Waals surface area contributed by atoms with Crippen LogP contribution in [0.25, 0.3) is 0 Å². The van der Waals surface area contributed by atoms with E-state index >= 15 is 0 Å². The standard InChI is InChI=1S/C17H27ClN4O4S/c1-4-7-27-16-21-14(18)11(19)15(22-16)20-9-8-10(24-6-5-23)13-12(9)25-17(2,3)26-13/h9-10,12-13,23H,4-8,19H2,1-3H3,(H,20,21,22)/t9-,10+,12+,13-/m1/s1/i1D3,4D2,5D2,6D2,7D2. The molecule has 27 heavy (non-hydrogen) atoms. The van der Waals surface area contributed by atoms with Crippen molar-refractivity contribution in [1.29, 1.82) is 0 Å². The number of ether oxygens (including phenoxy) is 3. The van der Waals surface area contributed by atoms with Crippen molar-refractivity contribution in [3.05, 3.63) is 5.15 Å². The molecule has 0 radical (unpaired) electrons. The average molecular weight is 430 g/mol. The van der Waals surface area contributed by atoms with E-state index in [1.807, 2.05) is 0 Å². The molecular weight excluding hydrogens is 392 g/mol. The lowest BCUT2D eigenvalue weighted by Crippen LogP contribution is -2.35. The van der Waals surface area contributed by atoms with E-state index < -0.39 is 67.3 Å². The second kappa shape index (κ2) is 8.67. The number of halogens is 1. The molecule has 2 heterocycles. The van der Waals surface area contributed by atoms with Gasteiger partial charge in [-0.1, -0.05) is 30.2 Å². The monoisotopic (exact) mass is 429 g/mol. The lowest BCUT2D eigenvalue weighted by Gasteiger charge is -2.24. The molecule has 0 spiro atoms. The highest BCUT2D eigenvalue weighted by atomic mass is 35.5. The molecule has 1 saturated carbocycles. The predicted molar refractivity (Wildman–Crippen MR) is 105 cm³/mol. The van der Waals surface area contributed by atoms with Crippen LogP contribution in [-0.2, 0) is 14.2 Å². The zero-order valence-corrected chi connectivity index (χ0v) is 16.0. The lowest BCUT2D eigenvalue weighted by atomic mass is 10.2. The van der Waals surface area contributed by atoms with Crippen molar-refractivity contribution >= 4 is 34.9 Å². The molecule has 10 heteroatoms. The van der Waals surface area contributed by atoms with Gasteiger partial charge in [0.25, 0.3) is 0 Å². The van der Waals surface area contributed by atoms with Crippen LogP contribution < -0.4 is 11.1 Å². The molecule has 2 aliphatic rings. The topological polar surface area (TPSA) is 112 Å². The third-order valence-electron chi connectivity index (χ3n) is 4.06. The molecule has 2 fully saturated rings. The number of fused-ring (bicyclic) bond motifs is 1. The van der Waals surface area contributed by atoms with Gasteiger partial charge in [-0.3, -0.25) is 0 Å². The molecule has 1 aliphatic heterocycles. The Labute approximate surface area is 184 Å². The second-order valence-corrected chi connectivity index (χ2v) is 7.44. The van der Waals surface area contributed by atoms with Crippen LogP contribution in [0.5, 0.6) is 0 Å². The number of nitrogens with two attached hydrogens (primary N) is 1. The highest BCUT2D eigenvalue weighted by molar-refractivity contribution is 7.99. The van der Waals surface area contributed by atoms with Crippen molar-refractivity contribution in [2.75, 3.05) is 29.9 Å². The third kappa shape index (κ3) is 4.78. The molecule has 0 aromatic carbocycles. The van der Waals surface area contributed by atoms with Crippen molar-refractivity contribution in [3.63, 3.8) is 0 Å². The Kier molecular flexibility index (Phi) is 3.47. The minimum absolute atomic E-state index is 0.0348. The highest BCUT2D eigenvalue weighted by Crippen LogP contribution is 2.41. The van der Waals surface area contributed by atoms with Crippen LogP contribution in [0.1, 0.15) is 48.6 Å². The Morgan fingerprint density at radius 1 is 1.48 bits per heavy atom. The SMILES string of the molecule is [2H]C([2H])([2H])C([2H])([2H])C([2H])([2H])Sc1nc(Cl)c(N)c(N[C@@H]2C[C@H](OC([2H])([2H])C([2H])([2H])O)[C@H]3OC(C)(C)O[C@H]32)n1. The van der Waals surface area contributed by atoms with Gasteiger partial charge in [0, 0.05) is 15.3 Å². The lowest BCUT2D eigenvalue weighted by molar-refractivity contribution is -0.167. The Bertz CT molecular complexity index is 1060. The number of nitrogens with zero attached hydrogens (tertiary/aromatic N) is 2. The maximum atomic E-state index is 9.55. The minimum atomic E-state index is -3.32. The van der Waals surface area contributed by atoms with Gasteiger partial charge in [-0.05, 0) is 26.6 Å². The summed E-state index contributed by atoms with van der Waals surface area (Å²) in [6, 6.07) is -0.746. The molecule has 4 N–H and O–H groups in total. The first-order chi connectivity index (χ1) is 16.9. The largest absolute Gasteiger partial charge is 0.394 e. The van der Waals surface area contributed by atoms with Crippen LogP contribution in [0.4, 0.5) is 11.5 Å². The average Bonchev–Trinajstić information content (AvgIpc) is 3.17. The molecule has 1 saturated heterocycles. The van der Waals surface area contributed by atoms with Gasteiger partial charge < -0.3 is 30.4 Å². The summed E-state index contributed by atoms with van der Waals surface area (Å²) in [4.78, 5) is 7.93. The summed E-state index contributed by atoms with van der Waals surface area (Å²) < 4.78 is 101. The Balaban J connectivity index is 1.90. The van der Waals surface area contributed by atoms with E-state index in [-0.39, 0.29) is 34.8 Å². The van der Waals surface area contributed by atoms with Crippen molar-refractivity contribution in [3.8, 4) is 0 Å². The van der Waals surface area contributed by atoms with Gasteiger partial charge in [-0.15, -0.1) is 0 Å². The normalized spacial score (nSPS) is 37.7. The summed E-state index contributed by atoms with van der Waals surface area (Å²) in [5, 5.41) is 11.8. The van der Waals surface area contributed by atoms with Gasteiger partial charge in [-0.2, -0.15) is 0 Å². The Hall–Kier alpha value is -0.840. The number of nitrogens with one attached hydrogen (secondary N) is 1. The maximum Gasteiger partial charge on any atom is 0.191 e. The van der Waals surface area contributed by atoms with E-state index in [0.29, 0.717) is 0 Å².